The number of carbonyl (C=O) groups is 3. The van der Waals surface area contributed by atoms with Crippen molar-refractivity contribution in [3.8, 4) is 0 Å². The van der Waals surface area contributed by atoms with Gasteiger partial charge in [-0.15, -0.1) is 5.48 Å². The lowest BCUT2D eigenvalue weighted by Gasteiger charge is -2.17. The first kappa shape index (κ1) is 23.4. The average Bonchev–Trinajstić information content (AvgIpc) is 2.82. The molecule has 3 aromatic rings. The van der Waals surface area contributed by atoms with E-state index in [2.05, 4.69) is 33.4 Å². The molecule has 1 unspecified atom stereocenters. The third kappa shape index (κ3) is 7.47. The molecule has 0 fully saturated rings. The molecule has 32 heavy (non-hydrogen) atoms. The van der Waals surface area contributed by atoms with Gasteiger partial charge in [-0.25, -0.2) is 4.79 Å². The highest BCUT2D eigenvalue weighted by Gasteiger charge is 2.25. The summed E-state index contributed by atoms with van der Waals surface area (Å²) in [5.41, 5.74) is 4.10. The molecule has 0 radical (unpaired) electrons. The molecule has 3 rings (SSSR count). The topological polar surface area (TPSA) is 93.7 Å². The van der Waals surface area contributed by atoms with Gasteiger partial charge >= 0.3 is 11.9 Å². The minimum Gasteiger partial charge on any atom is -0.461 e. The van der Waals surface area contributed by atoms with Crippen molar-refractivity contribution in [2.75, 3.05) is 5.32 Å². The van der Waals surface area contributed by atoms with Crippen LogP contribution >= 0.6 is 22.6 Å². The van der Waals surface area contributed by atoms with Crippen LogP contribution < -0.4 is 10.8 Å². The number of esters is 1. The van der Waals surface area contributed by atoms with E-state index >= 15 is 0 Å². The molecule has 1 atom stereocenters. The smallest absolute Gasteiger partial charge is 0.356 e. The van der Waals surface area contributed by atoms with Gasteiger partial charge in [0.15, 0.2) is 0 Å². The van der Waals surface area contributed by atoms with E-state index in [4.69, 9.17) is 9.57 Å². The number of anilines is 1. The van der Waals surface area contributed by atoms with E-state index in [-0.39, 0.29) is 13.0 Å². The van der Waals surface area contributed by atoms with Gasteiger partial charge in [0.25, 0.3) is 0 Å². The number of benzene rings is 3. The summed E-state index contributed by atoms with van der Waals surface area (Å²) >= 11 is 2.16. The monoisotopic (exact) mass is 544 g/mol. The largest absolute Gasteiger partial charge is 0.461 e. The van der Waals surface area contributed by atoms with Crippen LogP contribution in [0, 0.1) is 3.57 Å². The van der Waals surface area contributed by atoms with Crippen molar-refractivity contribution in [1.82, 2.24) is 5.48 Å². The maximum absolute atomic E-state index is 12.8. The second-order valence-corrected chi connectivity index (χ2v) is 8.02. The van der Waals surface area contributed by atoms with Crippen LogP contribution in [-0.2, 0) is 25.8 Å². The Morgan fingerprint density at radius 2 is 1.47 bits per heavy atom. The van der Waals surface area contributed by atoms with E-state index in [0.717, 1.165) is 9.13 Å². The lowest BCUT2D eigenvalue weighted by molar-refractivity contribution is -0.147. The fraction of sp³-hybridized carbons (Fsp3) is 0.125. The Morgan fingerprint density at radius 3 is 2.12 bits per heavy atom. The summed E-state index contributed by atoms with van der Waals surface area (Å²) in [5, 5.41) is 2.71. The Balaban J connectivity index is 1.63. The number of carbonyl (C=O) groups excluding carboxylic acids is 3. The SMILES string of the molecule is O=C(CC(NOC(=O)c1ccccc1)C(=O)Nc1ccc(I)cc1)OCc1ccccc1. The Kier molecular flexibility index (Phi) is 8.76. The molecule has 1 amide bonds. The maximum atomic E-state index is 12.8. The Morgan fingerprint density at radius 1 is 0.844 bits per heavy atom. The van der Waals surface area contributed by atoms with E-state index < -0.39 is 23.9 Å². The van der Waals surface area contributed by atoms with E-state index in [1.165, 1.54) is 0 Å². The van der Waals surface area contributed by atoms with Crippen LogP contribution in [0.2, 0.25) is 0 Å². The van der Waals surface area contributed by atoms with Crippen LogP contribution in [0.5, 0.6) is 0 Å². The van der Waals surface area contributed by atoms with Gasteiger partial charge in [0, 0.05) is 9.26 Å². The number of rotatable bonds is 9. The van der Waals surface area contributed by atoms with E-state index in [1.54, 1.807) is 42.5 Å². The molecular formula is C24H21IN2O5. The lowest BCUT2D eigenvalue weighted by atomic mass is 10.2. The van der Waals surface area contributed by atoms with Crippen molar-refractivity contribution in [2.45, 2.75) is 19.1 Å². The quantitative estimate of drug-likeness (QED) is 0.240. The number of halogens is 1. The number of hydroxylamine groups is 1. The Hall–Kier alpha value is -3.24. The van der Waals surface area contributed by atoms with Crippen molar-refractivity contribution in [2.24, 2.45) is 0 Å². The van der Waals surface area contributed by atoms with Gasteiger partial charge in [-0.3, -0.25) is 9.59 Å². The second kappa shape index (κ2) is 12.0. The Bertz CT molecular complexity index is 1040. The van der Waals surface area contributed by atoms with Crippen LogP contribution in [0.1, 0.15) is 22.3 Å². The summed E-state index contributed by atoms with van der Waals surface area (Å²) in [7, 11) is 0. The fourth-order valence-corrected chi connectivity index (χ4v) is 3.03. The highest BCUT2D eigenvalue weighted by molar-refractivity contribution is 14.1. The summed E-state index contributed by atoms with van der Waals surface area (Å²) in [4.78, 5) is 42.4. The summed E-state index contributed by atoms with van der Waals surface area (Å²) < 4.78 is 6.28. The predicted octanol–water partition coefficient (Wildman–Crippen LogP) is 4.09. The van der Waals surface area contributed by atoms with Crippen LogP contribution in [0.25, 0.3) is 0 Å². The minimum absolute atomic E-state index is 0.0783. The molecule has 0 aliphatic heterocycles. The summed E-state index contributed by atoms with van der Waals surface area (Å²) in [6.07, 6.45) is -0.328. The van der Waals surface area contributed by atoms with Gasteiger partial charge in [0.05, 0.1) is 12.0 Å². The van der Waals surface area contributed by atoms with E-state index in [0.29, 0.717) is 11.3 Å². The number of nitrogens with one attached hydrogen (secondary N) is 2. The van der Waals surface area contributed by atoms with Crippen molar-refractivity contribution < 1.29 is 24.0 Å². The van der Waals surface area contributed by atoms with E-state index in [9.17, 15) is 14.4 Å². The van der Waals surface area contributed by atoms with Crippen LogP contribution in [0.15, 0.2) is 84.9 Å². The molecule has 0 spiro atoms. The molecule has 0 aliphatic carbocycles. The van der Waals surface area contributed by atoms with Crippen molar-refractivity contribution >= 4 is 46.1 Å². The third-order valence-corrected chi connectivity index (χ3v) is 5.06. The average molecular weight is 544 g/mol. The minimum atomic E-state index is -1.15. The molecular weight excluding hydrogens is 523 g/mol. The molecule has 0 aromatic heterocycles. The number of hydrogen-bond acceptors (Lipinski definition) is 6. The van der Waals surface area contributed by atoms with Crippen molar-refractivity contribution in [3.63, 3.8) is 0 Å². The predicted molar refractivity (Wildman–Crippen MR) is 127 cm³/mol. The maximum Gasteiger partial charge on any atom is 0.356 e. The third-order valence-electron chi connectivity index (χ3n) is 4.35. The number of amides is 1. The lowest BCUT2D eigenvalue weighted by Crippen LogP contribution is -2.43. The molecule has 0 aliphatic rings. The van der Waals surface area contributed by atoms with Gasteiger partial charge in [0.1, 0.15) is 12.6 Å². The Labute approximate surface area is 199 Å². The fourth-order valence-electron chi connectivity index (χ4n) is 2.67. The van der Waals surface area contributed by atoms with E-state index in [1.807, 2.05) is 42.5 Å². The standard InChI is InChI=1S/C24H21IN2O5/c25-19-11-13-20(14-12-19)26-23(29)21(27-32-24(30)18-9-5-2-6-10-18)15-22(28)31-16-17-7-3-1-4-8-17/h1-14,21,27H,15-16H2,(H,26,29). The highest BCUT2D eigenvalue weighted by Crippen LogP contribution is 2.12. The molecule has 3 aromatic carbocycles. The zero-order chi connectivity index (χ0) is 22.8. The molecule has 0 saturated heterocycles. The molecule has 0 saturated carbocycles. The van der Waals surface area contributed by atoms with Gasteiger partial charge in [-0.1, -0.05) is 48.5 Å². The van der Waals surface area contributed by atoms with Crippen molar-refractivity contribution in [3.05, 3.63) is 99.6 Å². The second-order valence-electron chi connectivity index (χ2n) is 6.77. The molecule has 2 N–H and O–H groups in total. The summed E-state index contributed by atoms with van der Waals surface area (Å²) in [6, 6.07) is 23.5. The molecule has 8 heteroatoms. The highest BCUT2D eigenvalue weighted by atomic mass is 127. The van der Waals surface area contributed by atoms with Gasteiger partial charge in [-0.2, -0.15) is 0 Å². The zero-order valence-corrected chi connectivity index (χ0v) is 19.2. The molecule has 0 bridgehead atoms. The van der Waals surface area contributed by atoms with Gasteiger partial charge in [0.2, 0.25) is 5.91 Å². The number of hydrogen-bond donors (Lipinski definition) is 2. The van der Waals surface area contributed by atoms with Crippen LogP contribution in [0.3, 0.4) is 0 Å². The number of ether oxygens (including phenoxy) is 1. The van der Waals surface area contributed by atoms with Crippen LogP contribution in [0.4, 0.5) is 5.69 Å². The van der Waals surface area contributed by atoms with Gasteiger partial charge in [-0.05, 0) is 64.6 Å². The van der Waals surface area contributed by atoms with Crippen LogP contribution in [-0.4, -0.2) is 23.9 Å². The normalized spacial score (nSPS) is 11.3. The zero-order valence-electron chi connectivity index (χ0n) is 17.0. The summed E-state index contributed by atoms with van der Waals surface area (Å²) in [5.74, 6) is -1.82. The first-order valence-corrected chi connectivity index (χ1v) is 10.9. The molecule has 164 valence electrons. The first-order chi connectivity index (χ1) is 15.5. The molecule has 7 nitrogen and oxygen atoms in total. The first-order valence-electron chi connectivity index (χ1n) is 9.79. The molecule has 0 heterocycles. The van der Waals surface area contributed by atoms with Gasteiger partial charge < -0.3 is 14.9 Å². The summed E-state index contributed by atoms with van der Waals surface area (Å²) in [6.45, 7) is 0.0783. The van der Waals surface area contributed by atoms with Crippen molar-refractivity contribution in [1.29, 1.82) is 0 Å².